The molecule has 0 aromatic carbocycles. The lowest BCUT2D eigenvalue weighted by Gasteiger charge is -2.36. The van der Waals surface area contributed by atoms with Crippen LogP contribution >= 0.6 is 11.3 Å². The Morgan fingerprint density at radius 3 is 3.00 bits per heavy atom. The fraction of sp³-hybridized carbons (Fsp3) is 0.600. The van der Waals surface area contributed by atoms with Crippen LogP contribution in [0.1, 0.15) is 24.3 Å². The van der Waals surface area contributed by atoms with Crippen molar-refractivity contribution in [3.63, 3.8) is 0 Å². The number of nitrogens with zero attached hydrogens (tertiary/aromatic N) is 1. The van der Waals surface area contributed by atoms with Crippen LogP contribution in [-0.4, -0.2) is 23.0 Å². The van der Waals surface area contributed by atoms with Crippen LogP contribution in [0.15, 0.2) is 11.6 Å². The minimum Gasteiger partial charge on any atom is -0.354 e. The third-order valence-corrected chi connectivity index (χ3v) is 3.65. The van der Waals surface area contributed by atoms with Crippen LogP contribution < -0.4 is 11.1 Å². The monoisotopic (exact) mass is 225 g/mol. The van der Waals surface area contributed by atoms with Gasteiger partial charge in [0.15, 0.2) is 0 Å². The molecule has 1 aromatic rings. The molecule has 1 aromatic heterocycles. The van der Waals surface area contributed by atoms with Gasteiger partial charge in [-0.2, -0.15) is 0 Å². The maximum atomic E-state index is 11.6. The van der Waals surface area contributed by atoms with Gasteiger partial charge in [0, 0.05) is 24.5 Å². The van der Waals surface area contributed by atoms with Gasteiger partial charge in [-0.15, -0.1) is 11.3 Å². The van der Waals surface area contributed by atoms with E-state index in [1.54, 1.807) is 17.5 Å². The Kier molecular flexibility index (Phi) is 3.02. The van der Waals surface area contributed by atoms with Gasteiger partial charge in [0.2, 0.25) is 5.91 Å². The molecule has 1 aliphatic carbocycles. The third kappa shape index (κ3) is 2.35. The molecule has 1 fully saturated rings. The van der Waals surface area contributed by atoms with Crippen LogP contribution in [0.2, 0.25) is 0 Å². The van der Waals surface area contributed by atoms with Crippen molar-refractivity contribution < 1.29 is 4.79 Å². The highest BCUT2D eigenvalue weighted by molar-refractivity contribution is 7.09. The molecule has 15 heavy (non-hydrogen) atoms. The molecule has 82 valence electrons. The molecule has 1 amide bonds. The van der Waals surface area contributed by atoms with E-state index < -0.39 is 5.54 Å². The van der Waals surface area contributed by atoms with Crippen LogP contribution in [-0.2, 0) is 11.2 Å². The molecule has 0 radical (unpaired) electrons. The second-order valence-electron chi connectivity index (χ2n) is 3.94. The molecule has 0 spiro atoms. The first-order chi connectivity index (χ1) is 7.21. The van der Waals surface area contributed by atoms with Crippen molar-refractivity contribution in [1.29, 1.82) is 0 Å². The van der Waals surface area contributed by atoms with Gasteiger partial charge in [-0.05, 0) is 19.3 Å². The first kappa shape index (κ1) is 10.6. The van der Waals surface area contributed by atoms with Gasteiger partial charge < -0.3 is 11.1 Å². The van der Waals surface area contributed by atoms with E-state index in [1.807, 2.05) is 5.38 Å². The van der Waals surface area contributed by atoms with Gasteiger partial charge >= 0.3 is 0 Å². The van der Waals surface area contributed by atoms with Crippen molar-refractivity contribution >= 4 is 17.2 Å². The molecule has 0 saturated heterocycles. The Balaban J connectivity index is 1.72. The molecular weight excluding hydrogens is 210 g/mol. The van der Waals surface area contributed by atoms with Crippen LogP contribution in [0.4, 0.5) is 0 Å². The highest BCUT2D eigenvalue weighted by atomic mass is 32.1. The van der Waals surface area contributed by atoms with Crippen molar-refractivity contribution in [3.8, 4) is 0 Å². The number of carbonyl (C=O) groups excluding carboxylic acids is 1. The lowest BCUT2D eigenvalue weighted by atomic mass is 9.77. The number of aromatic nitrogens is 1. The second kappa shape index (κ2) is 4.28. The van der Waals surface area contributed by atoms with E-state index in [-0.39, 0.29) is 5.91 Å². The number of thiazole rings is 1. The molecule has 1 aliphatic rings. The average Bonchev–Trinajstić information content (AvgIpc) is 2.66. The van der Waals surface area contributed by atoms with Crippen molar-refractivity contribution in [1.82, 2.24) is 10.3 Å². The van der Waals surface area contributed by atoms with E-state index in [4.69, 9.17) is 5.73 Å². The summed E-state index contributed by atoms with van der Waals surface area (Å²) in [4.78, 5) is 15.8. The number of hydrogen-bond acceptors (Lipinski definition) is 4. The fourth-order valence-corrected chi connectivity index (χ4v) is 2.24. The molecule has 0 aliphatic heterocycles. The summed E-state index contributed by atoms with van der Waals surface area (Å²) >= 11 is 1.61. The molecular formula is C10H15N3OS. The standard InChI is InChI=1S/C10H15N3OS/c11-10(3-1-4-10)9(14)13-5-2-8-12-6-7-15-8/h6-7H,1-5,11H2,(H,13,14). The summed E-state index contributed by atoms with van der Waals surface area (Å²) in [7, 11) is 0. The largest absolute Gasteiger partial charge is 0.354 e. The molecule has 1 heterocycles. The SMILES string of the molecule is NC1(C(=O)NCCc2nccs2)CCC1. The van der Waals surface area contributed by atoms with E-state index >= 15 is 0 Å². The van der Waals surface area contributed by atoms with Crippen LogP contribution in [0.5, 0.6) is 0 Å². The molecule has 2 rings (SSSR count). The first-order valence-corrected chi connectivity index (χ1v) is 6.04. The van der Waals surface area contributed by atoms with Crippen LogP contribution in [0, 0.1) is 0 Å². The predicted octanol–water partition coefficient (Wildman–Crippen LogP) is 0.683. The molecule has 3 N–H and O–H groups in total. The fourth-order valence-electron chi connectivity index (χ4n) is 1.62. The molecule has 0 bridgehead atoms. The summed E-state index contributed by atoms with van der Waals surface area (Å²) in [6, 6.07) is 0. The van der Waals surface area contributed by atoms with E-state index in [9.17, 15) is 4.79 Å². The Morgan fingerprint density at radius 1 is 1.67 bits per heavy atom. The summed E-state index contributed by atoms with van der Waals surface area (Å²) in [5.41, 5.74) is 5.30. The smallest absolute Gasteiger partial charge is 0.240 e. The van der Waals surface area contributed by atoms with Gasteiger partial charge in [0.25, 0.3) is 0 Å². The van der Waals surface area contributed by atoms with Crippen LogP contribution in [0.25, 0.3) is 0 Å². The van der Waals surface area contributed by atoms with Gasteiger partial charge in [0.1, 0.15) is 0 Å². The number of carbonyl (C=O) groups is 1. The summed E-state index contributed by atoms with van der Waals surface area (Å²) in [5, 5.41) is 5.86. The van der Waals surface area contributed by atoms with Crippen molar-refractivity contribution in [2.24, 2.45) is 5.73 Å². The van der Waals surface area contributed by atoms with Gasteiger partial charge in [0.05, 0.1) is 10.5 Å². The molecule has 1 saturated carbocycles. The maximum absolute atomic E-state index is 11.6. The molecule has 0 unspecified atom stereocenters. The molecule has 5 heteroatoms. The minimum atomic E-state index is -0.580. The van der Waals surface area contributed by atoms with Gasteiger partial charge in [-0.3, -0.25) is 4.79 Å². The number of rotatable bonds is 4. The number of nitrogens with one attached hydrogen (secondary N) is 1. The Bertz CT molecular complexity index is 332. The van der Waals surface area contributed by atoms with Crippen molar-refractivity contribution in [2.45, 2.75) is 31.2 Å². The highest BCUT2D eigenvalue weighted by Gasteiger charge is 2.39. The van der Waals surface area contributed by atoms with E-state index in [0.29, 0.717) is 6.54 Å². The zero-order valence-corrected chi connectivity index (χ0v) is 9.35. The van der Waals surface area contributed by atoms with E-state index in [2.05, 4.69) is 10.3 Å². The summed E-state index contributed by atoms with van der Waals surface area (Å²) in [5.74, 6) is -0.00898. The summed E-state index contributed by atoms with van der Waals surface area (Å²) in [6.07, 6.45) is 5.26. The number of nitrogens with two attached hydrogens (primary N) is 1. The summed E-state index contributed by atoms with van der Waals surface area (Å²) < 4.78 is 0. The predicted molar refractivity (Wildman–Crippen MR) is 59.6 cm³/mol. The normalized spacial score (nSPS) is 18.2. The van der Waals surface area contributed by atoms with E-state index in [1.165, 1.54) is 0 Å². The zero-order valence-electron chi connectivity index (χ0n) is 8.53. The van der Waals surface area contributed by atoms with Gasteiger partial charge in [-0.25, -0.2) is 4.98 Å². The third-order valence-electron chi connectivity index (χ3n) is 2.81. The zero-order chi connectivity index (χ0) is 10.7. The minimum absolute atomic E-state index is 0.00898. The quantitative estimate of drug-likeness (QED) is 0.792. The number of amides is 1. The van der Waals surface area contributed by atoms with Crippen molar-refractivity contribution in [2.75, 3.05) is 6.54 Å². The Labute approximate surface area is 92.9 Å². The Morgan fingerprint density at radius 2 is 2.47 bits per heavy atom. The molecule has 4 nitrogen and oxygen atoms in total. The second-order valence-corrected chi connectivity index (χ2v) is 4.92. The van der Waals surface area contributed by atoms with E-state index in [0.717, 1.165) is 30.7 Å². The number of hydrogen-bond donors (Lipinski definition) is 2. The average molecular weight is 225 g/mol. The molecule has 0 atom stereocenters. The highest BCUT2D eigenvalue weighted by Crippen LogP contribution is 2.28. The topological polar surface area (TPSA) is 68.0 Å². The maximum Gasteiger partial charge on any atom is 0.240 e. The lowest BCUT2D eigenvalue weighted by molar-refractivity contribution is -0.129. The summed E-state index contributed by atoms with van der Waals surface area (Å²) in [6.45, 7) is 0.630. The lowest BCUT2D eigenvalue weighted by Crippen LogP contribution is -2.58. The van der Waals surface area contributed by atoms with Gasteiger partial charge in [-0.1, -0.05) is 0 Å². The first-order valence-electron chi connectivity index (χ1n) is 5.16. The van der Waals surface area contributed by atoms with Crippen LogP contribution in [0.3, 0.4) is 0 Å². The Hall–Kier alpha value is -0.940. The van der Waals surface area contributed by atoms with Crippen molar-refractivity contribution in [3.05, 3.63) is 16.6 Å².